The van der Waals surface area contributed by atoms with Crippen molar-refractivity contribution in [1.29, 1.82) is 0 Å². The lowest BCUT2D eigenvalue weighted by molar-refractivity contribution is -0.139. The first-order valence-corrected chi connectivity index (χ1v) is 15.0. The number of furan rings is 1. The molecular formula is C28H25BrN4O6S2. The van der Waals surface area contributed by atoms with E-state index in [-0.39, 0.29) is 17.7 Å². The van der Waals surface area contributed by atoms with Gasteiger partial charge in [0.05, 0.1) is 42.2 Å². The summed E-state index contributed by atoms with van der Waals surface area (Å²) in [6, 6.07) is 8.00. The van der Waals surface area contributed by atoms with Gasteiger partial charge in [-0.25, -0.2) is 19.8 Å². The van der Waals surface area contributed by atoms with Gasteiger partial charge in [-0.1, -0.05) is 27.3 Å². The van der Waals surface area contributed by atoms with Gasteiger partial charge >= 0.3 is 5.97 Å². The lowest BCUT2D eigenvalue weighted by Crippen LogP contribution is -2.40. The summed E-state index contributed by atoms with van der Waals surface area (Å²) < 4.78 is 25.2. The van der Waals surface area contributed by atoms with Gasteiger partial charge < -0.3 is 18.6 Å². The normalized spacial score (nSPS) is 15.0. The molecule has 0 spiro atoms. The molecule has 10 nitrogen and oxygen atoms in total. The fourth-order valence-electron chi connectivity index (χ4n) is 4.30. The summed E-state index contributed by atoms with van der Waals surface area (Å²) >= 11 is 6.10. The molecule has 0 bridgehead atoms. The molecule has 1 aliphatic rings. The van der Waals surface area contributed by atoms with Crippen LogP contribution in [0.1, 0.15) is 38.1 Å². The average molecular weight is 658 g/mol. The van der Waals surface area contributed by atoms with Crippen LogP contribution in [0, 0.1) is 0 Å². The van der Waals surface area contributed by atoms with Crippen molar-refractivity contribution in [3.8, 4) is 11.5 Å². The second-order valence-corrected chi connectivity index (χ2v) is 11.4. The molecule has 0 unspecified atom stereocenters. The summed E-state index contributed by atoms with van der Waals surface area (Å²) in [6.07, 6.45) is 4.97. The maximum absolute atomic E-state index is 13.9. The Balaban J connectivity index is 1.64. The number of esters is 1. The first-order chi connectivity index (χ1) is 19.8. The molecule has 1 atom stereocenters. The molecule has 1 aromatic carbocycles. The highest BCUT2D eigenvalue weighted by atomic mass is 79.9. The summed E-state index contributed by atoms with van der Waals surface area (Å²) in [4.78, 5) is 40.7. The number of fused-ring (bicyclic) bond motifs is 1. The number of nitrogens with zero attached hydrogens (tertiary/aromatic N) is 4. The molecule has 3 aromatic heterocycles. The fourth-order valence-corrected chi connectivity index (χ4v) is 6.55. The maximum Gasteiger partial charge on any atom is 0.338 e. The third kappa shape index (κ3) is 5.88. The number of hydrogen-bond acceptors (Lipinski definition) is 11. The quantitative estimate of drug-likeness (QED) is 0.189. The van der Waals surface area contributed by atoms with Crippen LogP contribution in [0.2, 0.25) is 0 Å². The van der Waals surface area contributed by atoms with Gasteiger partial charge in [-0.3, -0.25) is 9.36 Å². The van der Waals surface area contributed by atoms with Crippen LogP contribution in [0.4, 0.5) is 0 Å². The molecule has 4 heterocycles. The van der Waals surface area contributed by atoms with E-state index >= 15 is 0 Å². The second-order valence-electron chi connectivity index (χ2n) is 8.55. The van der Waals surface area contributed by atoms with E-state index in [0.717, 1.165) is 0 Å². The van der Waals surface area contributed by atoms with Gasteiger partial charge in [0.2, 0.25) is 0 Å². The number of carbonyl (C=O) groups is 1. The first-order valence-electron chi connectivity index (χ1n) is 12.6. The van der Waals surface area contributed by atoms with Crippen LogP contribution in [-0.4, -0.2) is 40.8 Å². The number of rotatable bonds is 9. The van der Waals surface area contributed by atoms with E-state index < -0.39 is 12.0 Å². The molecule has 0 aliphatic carbocycles. The molecule has 4 aromatic rings. The monoisotopic (exact) mass is 656 g/mol. The van der Waals surface area contributed by atoms with Gasteiger partial charge in [0, 0.05) is 22.9 Å². The Bertz CT molecular complexity index is 1810. The Labute approximate surface area is 251 Å². The van der Waals surface area contributed by atoms with Crippen molar-refractivity contribution in [2.24, 2.45) is 4.99 Å². The van der Waals surface area contributed by atoms with Crippen molar-refractivity contribution >= 4 is 51.1 Å². The summed E-state index contributed by atoms with van der Waals surface area (Å²) in [5, 5.41) is 1.13. The van der Waals surface area contributed by atoms with Crippen molar-refractivity contribution in [3.05, 3.63) is 89.5 Å². The molecule has 0 amide bonds. The molecule has 41 heavy (non-hydrogen) atoms. The Hall–Kier alpha value is -3.68. The number of allylic oxidation sites excluding steroid dienone is 1. The zero-order chi connectivity index (χ0) is 29.1. The van der Waals surface area contributed by atoms with Crippen LogP contribution < -0.4 is 24.4 Å². The molecule has 5 rings (SSSR count). The highest BCUT2D eigenvalue weighted by Crippen LogP contribution is 2.41. The minimum atomic E-state index is -0.829. The number of carbonyl (C=O) groups excluding carboxylic acids is 1. The van der Waals surface area contributed by atoms with E-state index in [4.69, 9.17) is 18.6 Å². The molecular weight excluding hydrogens is 632 g/mol. The van der Waals surface area contributed by atoms with Gasteiger partial charge in [-0.05, 0) is 68.4 Å². The molecule has 1 aliphatic heterocycles. The Kier molecular flexibility index (Phi) is 8.76. The predicted molar refractivity (Wildman–Crippen MR) is 157 cm³/mol. The topological polar surface area (TPSA) is 118 Å². The molecule has 0 radical (unpaired) electrons. The Morgan fingerprint density at radius 3 is 2.68 bits per heavy atom. The molecule has 0 fully saturated rings. The smallest absolute Gasteiger partial charge is 0.338 e. The number of methoxy groups -OCH3 is 1. The zero-order valence-electron chi connectivity index (χ0n) is 22.5. The number of thiazole rings is 1. The van der Waals surface area contributed by atoms with E-state index in [9.17, 15) is 9.59 Å². The maximum atomic E-state index is 13.9. The van der Waals surface area contributed by atoms with E-state index in [0.29, 0.717) is 59.2 Å². The third-order valence-corrected chi connectivity index (χ3v) is 8.49. The van der Waals surface area contributed by atoms with Crippen LogP contribution in [0.25, 0.3) is 6.08 Å². The standard InChI is InChI=1S/C28H25BrN4O6S2/c1-5-37-20-13-17(18(29)14-19(20)36-4)24-23(26(35)38-6-2)15(3)32-28-33(24)25(34)21(40-28)12-16-8-9-22(39-16)41-27-30-10-7-11-31-27/h7-14,24H,5-6H2,1-4H3/b21-12+/t24-/m1/s1. The molecule has 13 heteroatoms. The Morgan fingerprint density at radius 1 is 1.20 bits per heavy atom. The average Bonchev–Trinajstić information content (AvgIpc) is 3.52. The van der Waals surface area contributed by atoms with Gasteiger partial charge in [0.1, 0.15) is 5.76 Å². The zero-order valence-corrected chi connectivity index (χ0v) is 25.8. The van der Waals surface area contributed by atoms with Crippen LogP contribution in [0.15, 0.2) is 82.9 Å². The van der Waals surface area contributed by atoms with Crippen LogP contribution >= 0.6 is 39.0 Å². The van der Waals surface area contributed by atoms with Gasteiger partial charge in [0.15, 0.2) is 26.5 Å². The summed E-state index contributed by atoms with van der Waals surface area (Å²) in [5.41, 5.74) is 1.02. The van der Waals surface area contributed by atoms with E-state index in [1.54, 1.807) is 69.8 Å². The van der Waals surface area contributed by atoms with Crippen LogP contribution in [0.3, 0.4) is 0 Å². The van der Waals surface area contributed by atoms with Crippen molar-refractivity contribution in [2.45, 2.75) is 37.1 Å². The molecule has 0 saturated heterocycles. The number of aromatic nitrogens is 3. The van der Waals surface area contributed by atoms with E-state index in [1.807, 2.05) is 6.92 Å². The molecule has 0 saturated carbocycles. The number of benzene rings is 1. The SMILES string of the molecule is CCOC(=O)C1=C(C)N=c2s/c(=C/c3ccc(Sc4ncccn4)o3)c(=O)n2[C@@H]1c1cc(OCC)c(OC)cc1Br. The lowest BCUT2D eigenvalue weighted by atomic mass is 9.95. The molecule has 0 N–H and O–H groups in total. The largest absolute Gasteiger partial charge is 0.493 e. The first kappa shape index (κ1) is 28.8. The minimum absolute atomic E-state index is 0.174. The fraction of sp³-hybridized carbons (Fsp3) is 0.250. The minimum Gasteiger partial charge on any atom is -0.493 e. The van der Waals surface area contributed by atoms with Gasteiger partial charge in [-0.2, -0.15) is 0 Å². The highest BCUT2D eigenvalue weighted by Gasteiger charge is 2.35. The number of ether oxygens (including phenoxy) is 3. The number of halogens is 1. The summed E-state index contributed by atoms with van der Waals surface area (Å²) in [5.74, 6) is 0.928. The van der Waals surface area contributed by atoms with Crippen molar-refractivity contribution in [3.63, 3.8) is 0 Å². The summed E-state index contributed by atoms with van der Waals surface area (Å²) in [6.45, 7) is 5.91. The van der Waals surface area contributed by atoms with Gasteiger partial charge in [-0.15, -0.1) is 0 Å². The second kappa shape index (κ2) is 12.5. The van der Waals surface area contributed by atoms with E-state index in [1.165, 1.54) is 27.7 Å². The van der Waals surface area contributed by atoms with Crippen molar-refractivity contribution in [2.75, 3.05) is 20.3 Å². The Morgan fingerprint density at radius 2 is 1.98 bits per heavy atom. The lowest BCUT2D eigenvalue weighted by Gasteiger charge is -2.26. The van der Waals surface area contributed by atoms with Crippen molar-refractivity contribution in [1.82, 2.24) is 14.5 Å². The molecule has 212 valence electrons. The van der Waals surface area contributed by atoms with Crippen LogP contribution in [-0.2, 0) is 9.53 Å². The van der Waals surface area contributed by atoms with Crippen molar-refractivity contribution < 1.29 is 23.4 Å². The third-order valence-electron chi connectivity index (χ3n) is 6.00. The summed E-state index contributed by atoms with van der Waals surface area (Å²) in [7, 11) is 1.55. The van der Waals surface area contributed by atoms with E-state index in [2.05, 4.69) is 30.9 Å². The van der Waals surface area contributed by atoms with Gasteiger partial charge in [0.25, 0.3) is 5.56 Å². The predicted octanol–water partition coefficient (Wildman–Crippen LogP) is 4.50. The van der Waals surface area contributed by atoms with Crippen LogP contribution in [0.5, 0.6) is 11.5 Å². The highest BCUT2D eigenvalue weighted by molar-refractivity contribution is 9.10. The number of hydrogen-bond donors (Lipinski definition) is 0.